The van der Waals surface area contributed by atoms with Gasteiger partial charge in [-0.25, -0.2) is 0 Å². The van der Waals surface area contributed by atoms with Crippen LogP contribution in [0.25, 0.3) is 0 Å². The second kappa shape index (κ2) is 2.15. The molecule has 5 atom stereocenters. The fraction of sp³-hybridized carbons (Fsp3) is 1.00. The van der Waals surface area contributed by atoms with Crippen molar-refractivity contribution >= 4 is 32.7 Å². The largest absolute Gasteiger partial charge is 0.369 e. The van der Waals surface area contributed by atoms with Crippen LogP contribution in [0.3, 0.4) is 0 Å². The highest BCUT2D eigenvalue weighted by Crippen LogP contribution is 2.49. The zero-order valence-corrected chi connectivity index (χ0v) is 8.99. The Labute approximate surface area is 83.9 Å². The zero-order valence-electron chi connectivity index (χ0n) is 6.01. The lowest BCUT2D eigenvalue weighted by Gasteiger charge is -2.14. The van der Waals surface area contributed by atoms with Crippen molar-refractivity contribution in [2.75, 3.05) is 0 Å². The zero-order chi connectivity index (χ0) is 8.51. The van der Waals surface area contributed by atoms with Gasteiger partial charge in [0.05, 0.1) is 10.0 Å². The molecule has 3 aliphatic heterocycles. The van der Waals surface area contributed by atoms with Crippen LogP contribution in [-0.2, 0) is 19.0 Å². The summed E-state index contributed by atoms with van der Waals surface area (Å²) in [7, 11) is -3.29. The number of rotatable bonds is 0. The van der Waals surface area contributed by atoms with Crippen molar-refractivity contribution in [1.29, 1.82) is 0 Å². The Morgan fingerprint density at radius 1 is 1.33 bits per heavy atom. The molecule has 0 spiro atoms. The van der Waals surface area contributed by atoms with Crippen LogP contribution >= 0.6 is 22.6 Å². The number of ether oxygens (including phenoxy) is 1. The molecule has 3 heterocycles. The molecule has 0 amide bonds. The lowest BCUT2D eigenvalue weighted by atomic mass is 9.98. The average molecular weight is 302 g/mol. The van der Waals surface area contributed by atoms with Crippen LogP contribution in [0.4, 0.5) is 0 Å². The van der Waals surface area contributed by atoms with Gasteiger partial charge >= 0.3 is 0 Å². The maximum absolute atomic E-state index is 11.3. The standard InChI is InChI=1S/C6H7IO4S/c7-4-2-1-3-5(10-2)6(4)11-12(3,8)9/h2-6H,1H2. The van der Waals surface area contributed by atoms with E-state index in [9.17, 15) is 8.42 Å². The van der Waals surface area contributed by atoms with Gasteiger partial charge in [0.1, 0.15) is 17.5 Å². The number of alkyl halides is 1. The summed E-state index contributed by atoms with van der Waals surface area (Å²) < 4.78 is 33.3. The van der Waals surface area contributed by atoms with E-state index >= 15 is 0 Å². The van der Waals surface area contributed by atoms with E-state index < -0.39 is 10.1 Å². The van der Waals surface area contributed by atoms with E-state index in [1.165, 1.54) is 0 Å². The molecule has 3 fully saturated rings. The van der Waals surface area contributed by atoms with Gasteiger partial charge in [-0.1, -0.05) is 22.6 Å². The molecule has 4 nitrogen and oxygen atoms in total. The topological polar surface area (TPSA) is 52.6 Å². The Balaban J connectivity index is 2.11. The van der Waals surface area contributed by atoms with Crippen molar-refractivity contribution in [1.82, 2.24) is 0 Å². The van der Waals surface area contributed by atoms with Gasteiger partial charge < -0.3 is 4.74 Å². The Kier molecular flexibility index (Phi) is 1.43. The second-order valence-corrected chi connectivity index (χ2v) is 6.63. The number of fused-ring (bicyclic) bond motifs is 1. The first-order valence-corrected chi connectivity index (χ1v) is 6.53. The molecular weight excluding hydrogens is 295 g/mol. The van der Waals surface area contributed by atoms with E-state index in [4.69, 9.17) is 8.92 Å². The summed E-state index contributed by atoms with van der Waals surface area (Å²) in [5.74, 6) is 0. The first kappa shape index (κ1) is 7.95. The van der Waals surface area contributed by atoms with Crippen LogP contribution < -0.4 is 0 Å². The summed E-state index contributed by atoms with van der Waals surface area (Å²) in [6.45, 7) is 0. The Morgan fingerprint density at radius 2 is 2.08 bits per heavy atom. The first-order valence-electron chi connectivity index (χ1n) is 3.81. The predicted octanol–water partition coefficient (Wildman–Crippen LogP) is 0.0583. The Hall–Kier alpha value is 0.600. The fourth-order valence-electron chi connectivity index (χ4n) is 2.21. The van der Waals surface area contributed by atoms with Crippen LogP contribution in [0.1, 0.15) is 6.42 Å². The van der Waals surface area contributed by atoms with Gasteiger partial charge in [0.25, 0.3) is 10.1 Å². The molecule has 3 aliphatic rings. The van der Waals surface area contributed by atoms with E-state index in [0.717, 1.165) is 0 Å². The van der Waals surface area contributed by atoms with Crippen molar-refractivity contribution < 1.29 is 17.3 Å². The lowest BCUT2D eigenvalue weighted by molar-refractivity contribution is 0.0839. The van der Waals surface area contributed by atoms with Gasteiger partial charge in [-0.05, 0) is 6.42 Å². The van der Waals surface area contributed by atoms with Crippen LogP contribution in [-0.4, -0.2) is 35.9 Å². The summed E-state index contributed by atoms with van der Waals surface area (Å²) in [5, 5.41) is -0.376. The van der Waals surface area contributed by atoms with E-state index in [1.807, 2.05) is 0 Å². The van der Waals surface area contributed by atoms with Crippen LogP contribution in [0.5, 0.6) is 0 Å². The molecule has 0 aromatic carbocycles. The molecule has 12 heavy (non-hydrogen) atoms. The molecule has 6 heteroatoms. The van der Waals surface area contributed by atoms with Gasteiger partial charge in [0, 0.05) is 0 Å². The summed E-state index contributed by atoms with van der Waals surface area (Å²) in [5.41, 5.74) is 0. The van der Waals surface area contributed by atoms with Crippen LogP contribution in [0.2, 0.25) is 0 Å². The minimum absolute atomic E-state index is 0.0999. The fourth-order valence-corrected chi connectivity index (χ4v) is 5.08. The first-order chi connectivity index (χ1) is 5.59. The van der Waals surface area contributed by atoms with Gasteiger partial charge in [0.15, 0.2) is 0 Å². The van der Waals surface area contributed by atoms with Gasteiger partial charge in [0.2, 0.25) is 0 Å². The molecule has 2 bridgehead atoms. The molecule has 0 radical (unpaired) electrons. The van der Waals surface area contributed by atoms with Crippen molar-refractivity contribution in [2.45, 2.75) is 33.9 Å². The second-order valence-electron chi connectivity index (χ2n) is 3.41. The third-order valence-electron chi connectivity index (χ3n) is 2.77. The third kappa shape index (κ3) is 0.771. The maximum Gasteiger partial charge on any atom is 0.273 e. The average Bonchev–Trinajstić information content (AvgIpc) is 2.54. The molecule has 5 unspecified atom stereocenters. The van der Waals surface area contributed by atoms with Crippen molar-refractivity contribution in [3.05, 3.63) is 0 Å². The van der Waals surface area contributed by atoms with E-state index in [-0.39, 0.29) is 27.5 Å². The predicted molar refractivity (Wildman–Crippen MR) is 48.7 cm³/mol. The molecule has 0 aromatic heterocycles. The van der Waals surface area contributed by atoms with Gasteiger partial charge in [-0.15, -0.1) is 0 Å². The third-order valence-corrected chi connectivity index (χ3v) is 5.98. The summed E-state index contributed by atoms with van der Waals surface area (Å²) >= 11 is 2.22. The van der Waals surface area contributed by atoms with E-state index in [2.05, 4.69) is 22.6 Å². The molecule has 3 rings (SSSR count). The Bertz CT molecular complexity index is 326. The monoisotopic (exact) mass is 302 g/mol. The molecule has 0 aliphatic carbocycles. The maximum atomic E-state index is 11.3. The highest BCUT2D eigenvalue weighted by molar-refractivity contribution is 14.1. The quantitative estimate of drug-likeness (QED) is 0.361. The molecule has 0 aromatic rings. The number of halogens is 1. The summed E-state index contributed by atoms with van der Waals surface area (Å²) in [6.07, 6.45) is 0.334. The van der Waals surface area contributed by atoms with E-state index in [1.54, 1.807) is 0 Å². The molecule has 0 saturated carbocycles. The number of hydrogen-bond acceptors (Lipinski definition) is 4. The van der Waals surface area contributed by atoms with Crippen molar-refractivity contribution in [3.63, 3.8) is 0 Å². The molecule has 3 saturated heterocycles. The number of hydrogen-bond donors (Lipinski definition) is 0. The SMILES string of the molecule is O=S1(=O)OC2C(I)C3CC1C2O3. The van der Waals surface area contributed by atoms with Gasteiger partial charge in [-0.2, -0.15) is 8.42 Å². The van der Waals surface area contributed by atoms with Crippen LogP contribution in [0.15, 0.2) is 0 Å². The normalized spacial score (nSPS) is 59.6. The van der Waals surface area contributed by atoms with Crippen LogP contribution in [0, 0.1) is 0 Å². The Morgan fingerprint density at radius 3 is 2.67 bits per heavy atom. The summed E-state index contributed by atoms with van der Waals surface area (Å²) in [6, 6.07) is 0. The molecule has 68 valence electrons. The molecular formula is C6H7IO4S. The molecule has 0 N–H and O–H groups in total. The van der Waals surface area contributed by atoms with Crippen molar-refractivity contribution in [3.8, 4) is 0 Å². The van der Waals surface area contributed by atoms with E-state index in [0.29, 0.717) is 6.42 Å². The van der Waals surface area contributed by atoms with Crippen molar-refractivity contribution in [2.24, 2.45) is 0 Å². The lowest BCUT2D eigenvalue weighted by Crippen LogP contribution is -2.34. The minimum Gasteiger partial charge on any atom is -0.369 e. The minimum atomic E-state index is -3.29. The van der Waals surface area contributed by atoms with Gasteiger partial charge in [-0.3, -0.25) is 4.18 Å². The smallest absolute Gasteiger partial charge is 0.273 e. The highest BCUT2D eigenvalue weighted by atomic mass is 127. The summed E-state index contributed by atoms with van der Waals surface area (Å²) in [4.78, 5) is 0. The highest BCUT2D eigenvalue weighted by Gasteiger charge is 2.64.